The molecule has 0 spiro atoms. The number of thiol groups is 1. The molecule has 0 bridgehead atoms. The first-order chi connectivity index (χ1) is 11.3. The van der Waals surface area contributed by atoms with Crippen LogP contribution in [-0.2, 0) is 16.2 Å². The van der Waals surface area contributed by atoms with E-state index in [1.807, 2.05) is 0 Å². The maximum Gasteiger partial charge on any atom is 0.123 e. The SMILES string of the molecule is C[SH](CCC(C)(C)c1nnc(C(C)(C)C)s1)c1cc(C(C)(C)C)ns1. The van der Waals surface area contributed by atoms with Gasteiger partial charge in [0.05, 0.1) is 9.90 Å². The Hall–Kier alpha value is -0.460. The monoisotopic (exact) mass is 399 g/mol. The van der Waals surface area contributed by atoms with Crippen LogP contribution in [0.3, 0.4) is 0 Å². The largest absolute Gasteiger partial charge is 0.219 e. The average molecular weight is 400 g/mol. The van der Waals surface area contributed by atoms with Crippen molar-refractivity contribution in [3.63, 3.8) is 0 Å². The molecule has 0 radical (unpaired) electrons. The molecule has 142 valence electrons. The molecule has 0 aromatic carbocycles. The molecule has 0 saturated heterocycles. The Morgan fingerprint density at radius 1 is 0.920 bits per heavy atom. The van der Waals surface area contributed by atoms with Gasteiger partial charge >= 0.3 is 0 Å². The molecule has 2 heterocycles. The van der Waals surface area contributed by atoms with Crippen molar-refractivity contribution in [3.8, 4) is 0 Å². The highest BCUT2D eigenvalue weighted by atomic mass is 32.2. The molecule has 0 amide bonds. The lowest BCUT2D eigenvalue weighted by molar-refractivity contribution is 0.501. The van der Waals surface area contributed by atoms with Gasteiger partial charge < -0.3 is 0 Å². The van der Waals surface area contributed by atoms with Gasteiger partial charge in [-0.15, -0.1) is 21.5 Å². The van der Waals surface area contributed by atoms with Gasteiger partial charge in [-0.1, -0.05) is 55.4 Å². The number of nitrogens with zero attached hydrogens (tertiary/aromatic N) is 3. The zero-order valence-corrected chi connectivity index (χ0v) is 19.6. The summed E-state index contributed by atoms with van der Waals surface area (Å²) in [6.07, 6.45) is 3.52. The van der Waals surface area contributed by atoms with Crippen LogP contribution in [0.5, 0.6) is 0 Å². The molecule has 6 heteroatoms. The molecule has 1 atom stereocenters. The van der Waals surface area contributed by atoms with E-state index in [1.54, 1.807) is 22.9 Å². The van der Waals surface area contributed by atoms with E-state index in [1.165, 1.54) is 20.7 Å². The van der Waals surface area contributed by atoms with Gasteiger partial charge in [0, 0.05) is 16.2 Å². The number of rotatable bonds is 5. The van der Waals surface area contributed by atoms with Gasteiger partial charge in [0.25, 0.3) is 0 Å². The molecule has 2 aromatic rings. The predicted octanol–water partition coefficient (Wildman–Crippen LogP) is 5.95. The second kappa shape index (κ2) is 7.28. The normalized spacial score (nSPS) is 15.5. The first-order valence-electron chi connectivity index (χ1n) is 8.83. The van der Waals surface area contributed by atoms with Crippen LogP contribution >= 0.6 is 33.8 Å². The summed E-state index contributed by atoms with van der Waals surface area (Å²) in [7, 11) is -0.160. The maximum atomic E-state index is 4.68. The van der Waals surface area contributed by atoms with Crippen LogP contribution in [0.25, 0.3) is 0 Å². The molecule has 0 aliphatic carbocycles. The summed E-state index contributed by atoms with van der Waals surface area (Å²) < 4.78 is 6.14. The highest BCUT2D eigenvalue weighted by Crippen LogP contribution is 2.42. The van der Waals surface area contributed by atoms with Crippen LogP contribution in [0.15, 0.2) is 10.3 Å². The van der Waals surface area contributed by atoms with Crippen LogP contribution in [0.4, 0.5) is 0 Å². The Labute approximate surface area is 164 Å². The predicted molar refractivity (Wildman–Crippen MR) is 115 cm³/mol. The minimum Gasteiger partial charge on any atom is -0.219 e. The Morgan fingerprint density at radius 3 is 2.00 bits per heavy atom. The van der Waals surface area contributed by atoms with Gasteiger partial charge in [0.2, 0.25) is 0 Å². The van der Waals surface area contributed by atoms with Gasteiger partial charge in [0.1, 0.15) is 10.0 Å². The zero-order valence-electron chi connectivity index (χ0n) is 17.1. The highest BCUT2D eigenvalue weighted by molar-refractivity contribution is 8.17. The Kier molecular flexibility index (Phi) is 6.07. The number of hydrogen-bond donors (Lipinski definition) is 1. The van der Waals surface area contributed by atoms with Crippen molar-refractivity contribution in [1.82, 2.24) is 14.6 Å². The van der Waals surface area contributed by atoms with Crippen LogP contribution < -0.4 is 0 Å². The van der Waals surface area contributed by atoms with Crippen molar-refractivity contribution in [3.05, 3.63) is 21.8 Å². The second-order valence-corrected chi connectivity index (χ2v) is 13.9. The smallest absolute Gasteiger partial charge is 0.123 e. The molecule has 2 aromatic heterocycles. The van der Waals surface area contributed by atoms with Crippen LogP contribution in [0.2, 0.25) is 0 Å². The highest BCUT2D eigenvalue weighted by Gasteiger charge is 2.29. The fraction of sp³-hybridized carbons (Fsp3) is 0.737. The second-order valence-electron chi connectivity index (χ2n) is 9.52. The molecule has 0 N–H and O–H groups in total. The topological polar surface area (TPSA) is 38.7 Å². The van der Waals surface area contributed by atoms with E-state index in [-0.39, 0.29) is 27.1 Å². The molecule has 2 rings (SSSR count). The van der Waals surface area contributed by atoms with Crippen LogP contribution in [0, 0.1) is 0 Å². The first kappa shape index (κ1) is 20.8. The van der Waals surface area contributed by atoms with Crippen molar-refractivity contribution in [2.75, 3.05) is 12.0 Å². The van der Waals surface area contributed by atoms with E-state index in [9.17, 15) is 0 Å². The summed E-state index contributed by atoms with van der Waals surface area (Å²) in [4.78, 5) is 0. The van der Waals surface area contributed by atoms with E-state index < -0.39 is 0 Å². The molecule has 1 unspecified atom stereocenters. The number of aromatic nitrogens is 3. The van der Waals surface area contributed by atoms with Gasteiger partial charge in [0.15, 0.2) is 0 Å². The van der Waals surface area contributed by atoms with Gasteiger partial charge in [-0.2, -0.15) is 4.37 Å². The molecule has 0 saturated carbocycles. The lowest BCUT2D eigenvalue weighted by Crippen LogP contribution is -2.18. The summed E-state index contributed by atoms with van der Waals surface area (Å²) in [5.41, 5.74) is 1.52. The molecular formula is C19H33N3S3. The lowest BCUT2D eigenvalue weighted by atomic mass is 9.91. The number of hydrogen-bond acceptors (Lipinski definition) is 5. The van der Waals surface area contributed by atoms with Crippen LogP contribution in [-0.4, -0.2) is 26.6 Å². The Bertz CT molecular complexity index is 702. The third-order valence-electron chi connectivity index (χ3n) is 4.36. The Morgan fingerprint density at radius 2 is 1.52 bits per heavy atom. The van der Waals surface area contributed by atoms with Crippen molar-refractivity contribution in [2.24, 2.45) is 0 Å². The van der Waals surface area contributed by atoms with E-state index in [4.69, 9.17) is 0 Å². The average Bonchev–Trinajstić information content (AvgIpc) is 3.12. The summed E-state index contributed by atoms with van der Waals surface area (Å²) in [5, 5.41) is 11.2. The molecule has 0 aliphatic rings. The minimum absolute atomic E-state index is 0.0787. The van der Waals surface area contributed by atoms with Crippen LogP contribution in [0.1, 0.15) is 77.5 Å². The summed E-state index contributed by atoms with van der Waals surface area (Å²) >= 11 is 3.47. The zero-order chi connectivity index (χ0) is 19.0. The maximum absolute atomic E-state index is 4.68. The first-order valence-corrected chi connectivity index (χ1v) is 12.4. The summed E-state index contributed by atoms with van der Waals surface area (Å²) in [6, 6.07) is 2.33. The molecule has 0 aliphatic heterocycles. The van der Waals surface area contributed by atoms with Gasteiger partial charge in [-0.25, -0.2) is 10.9 Å². The third-order valence-corrected chi connectivity index (χ3v) is 9.62. The summed E-state index contributed by atoms with van der Waals surface area (Å²) in [5.74, 6) is 1.21. The standard InChI is InChI=1S/C19H33N3S3/c1-17(2,3)13-12-14(24-22-13)25(9)11-10-19(7,8)16-21-20-15(23-16)18(4,5)6/h12,25H,10-11H2,1-9H3. The van der Waals surface area contributed by atoms with E-state index in [0.717, 1.165) is 11.4 Å². The molecule has 0 fully saturated rings. The summed E-state index contributed by atoms with van der Waals surface area (Å²) in [6.45, 7) is 17.9. The van der Waals surface area contributed by atoms with E-state index in [0.29, 0.717) is 0 Å². The van der Waals surface area contributed by atoms with Crippen molar-refractivity contribution < 1.29 is 0 Å². The van der Waals surface area contributed by atoms with Gasteiger partial charge in [-0.3, -0.25) is 0 Å². The van der Waals surface area contributed by atoms with Crippen molar-refractivity contribution >= 4 is 33.8 Å². The fourth-order valence-electron chi connectivity index (χ4n) is 2.26. The van der Waals surface area contributed by atoms with Crippen molar-refractivity contribution in [1.29, 1.82) is 0 Å². The molecule has 25 heavy (non-hydrogen) atoms. The Balaban J connectivity index is 2.04. The van der Waals surface area contributed by atoms with Gasteiger partial charge in [-0.05, 0) is 36.0 Å². The van der Waals surface area contributed by atoms with Crippen molar-refractivity contribution in [2.45, 2.75) is 82.3 Å². The van der Waals surface area contributed by atoms with E-state index in [2.05, 4.69) is 82.3 Å². The third kappa shape index (κ3) is 5.27. The molecular weight excluding hydrogens is 366 g/mol. The minimum atomic E-state index is -0.160. The van der Waals surface area contributed by atoms with E-state index >= 15 is 0 Å². The molecule has 3 nitrogen and oxygen atoms in total. The quantitative estimate of drug-likeness (QED) is 0.632. The fourth-order valence-corrected chi connectivity index (χ4v) is 6.39. The lowest BCUT2D eigenvalue weighted by Gasteiger charge is -2.24.